The first-order valence-corrected chi connectivity index (χ1v) is 9.40. The van der Waals surface area contributed by atoms with Crippen LogP contribution in [0.1, 0.15) is 37.3 Å². The van der Waals surface area contributed by atoms with Crippen molar-refractivity contribution in [1.82, 2.24) is 0 Å². The van der Waals surface area contributed by atoms with Crippen LogP contribution in [-0.4, -0.2) is 11.9 Å². The molecule has 0 spiro atoms. The monoisotopic (exact) mass is 378 g/mol. The summed E-state index contributed by atoms with van der Waals surface area (Å²) in [5.41, 5.74) is 2.55. The molecule has 146 valence electrons. The van der Waals surface area contributed by atoms with E-state index in [-0.39, 0.29) is 31.6 Å². The van der Waals surface area contributed by atoms with Gasteiger partial charge in [0.25, 0.3) is 0 Å². The van der Waals surface area contributed by atoms with Crippen molar-refractivity contribution >= 4 is 11.9 Å². The zero-order valence-electron chi connectivity index (χ0n) is 16.2. The molecule has 0 bridgehead atoms. The van der Waals surface area contributed by atoms with E-state index in [1.807, 2.05) is 73.7 Å². The maximum Gasteiger partial charge on any atom is 0.334 e. The van der Waals surface area contributed by atoms with Gasteiger partial charge in [0.2, 0.25) is 0 Å². The molecule has 4 heteroatoms. The molecule has 4 nitrogen and oxygen atoms in total. The molecule has 0 aromatic heterocycles. The van der Waals surface area contributed by atoms with Gasteiger partial charge in [-0.2, -0.15) is 0 Å². The molecule has 0 saturated carbocycles. The second-order valence-electron chi connectivity index (χ2n) is 6.24. The fourth-order valence-electron chi connectivity index (χ4n) is 2.51. The molecule has 0 atom stereocenters. The van der Waals surface area contributed by atoms with Crippen molar-refractivity contribution in [3.05, 3.63) is 95.6 Å². The maximum absolute atomic E-state index is 12.2. The van der Waals surface area contributed by atoms with Crippen LogP contribution in [0.4, 0.5) is 0 Å². The van der Waals surface area contributed by atoms with Gasteiger partial charge in [0.05, 0.1) is 6.42 Å². The molecular weight excluding hydrogens is 352 g/mol. The molecule has 28 heavy (non-hydrogen) atoms. The summed E-state index contributed by atoms with van der Waals surface area (Å²) < 4.78 is 10.6. The molecule has 0 saturated heterocycles. The zero-order valence-corrected chi connectivity index (χ0v) is 16.2. The predicted molar refractivity (Wildman–Crippen MR) is 109 cm³/mol. The van der Waals surface area contributed by atoms with Crippen LogP contribution >= 0.6 is 0 Å². The lowest BCUT2D eigenvalue weighted by Crippen LogP contribution is -2.08. The SMILES string of the molecule is CC=C(CCC=CCC(=O)OCc1ccccc1)C(=O)OCc1ccccc1. The Morgan fingerprint density at radius 2 is 1.39 bits per heavy atom. The van der Waals surface area contributed by atoms with Gasteiger partial charge in [0.1, 0.15) is 13.2 Å². The van der Waals surface area contributed by atoms with Gasteiger partial charge >= 0.3 is 11.9 Å². The Morgan fingerprint density at radius 3 is 1.96 bits per heavy atom. The summed E-state index contributed by atoms with van der Waals surface area (Å²) in [6.07, 6.45) is 6.88. The van der Waals surface area contributed by atoms with Crippen LogP contribution in [0.2, 0.25) is 0 Å². The highest BCUT2D eigenvalue weighted by atomic mass is 16.5. The molecule has 0 aliphatic rings. The van der Waals surface area contributed by atoms with Crippen molar-refractivity contribution in [3.63, 3.8) is 0 Å². The van der Waals surface area contributed by atoms with Crippen molar-refractivity contribution < 1.29 is 19.1 Å². The lowest BCUT2D eigenvalue weighted by molar-refractivity contribution is -0.144. The molecule has 0 radical (unpaired) electrons. The molecule has 0 fully saturated rings. The van der Waals surface area contributed by atoms with Crippen LogP contribution in [0.15, 0.2) is 84.5 Å². The third-order valence-electron chi connectivity index (χ3n) is 4.10. The molecule has 2 rings (SSSR count). The fraction of sp³-hybridized carbons (Fsp3) is 0.250. The van der Waals surface area contributed by atoms with E-state index in [1.54, 1.807) is 12.2 Å². The third kappa shape index (κ3) is 8.04. The second kappa shape index (κ2) is 12.3. The highest BCUT2D eigenvalue weighted by Crippen LogP contribution is 2.11. The minimum atomic E-state index is -0.304. The van der Waals surface area contributed by atoms with E-state index in [9.17, 15) is 9.59 Å². The lowest BCUT2D eigenvalue weighted by Gasteiger charge is -2.07. The average Bonchev–Trinajstić information content (AvgIpc) is 2.74. The highest BCUT2D eigenvalue weighted by molar-refractivity contribution is 5.88. The normalized spacial score (nSPS) is 11.4. The van der Waals surface area contributed by atoms with E-state index in [0.29, 0.717) is 18.4 Å². The predicted octanol–water partition coefficient (Wildman–Crippen LogP) is 5.15. The molecule has 0 aliphatic carbocycles. The Hall–Kier alpha value is -3.14. The van der Waals surface area contributed by atoms with Crippen LogP contribution in [-0.2, 0) is 32.3 Å². The molecule has 0 N–H and O–H groups in total. The molecule has 0 amide bonds. The van der Waals surface area contributed by atoms with Gasteiger partial charge in [-0.05, 0) is 30.9 Å². The van der Waals surface area contributed by atoms with Crippen LogP contribution < -0.4 is 0 Å². The van der Waals surface area contributed by atoms with Gasteiger partial charge in [-0.25, -0.2) is 4.79 Å². The largest absolute Gasteiger partial charge is 0.461 e. The minimum Gasteiger partial charge on any atom is -0.461 e. The number of rotatable bonds is 10. The summed E-state index contributed by atoms with van der Waals surface area (Å²) in [7, 11) is 0. The molecule has 0 aliphatic heterocycles. The topological polar surface area (TPSA) is 52.6 Å². The van der Waals surface area contributed by atoms with E-state index < -0.39 is 0 Å². The van der Waals surface area contributed by atoms with E-state index in [2.05, 4.69) is 0 Å². The highest BCUT2D eigenvalue weighted by Gasteiger charge is 2.09. The minimum absolute atomic E-state index is 0.219. The first-order valence-electron chi connectivity index (χ1n) is 9.40. The number of carbonyl (C=O) groups excluding carboxylic acids is 2. The van der Waals surface area contributed by atoms with Gasteiger partial charge in [-0.3, -0.25) is 4.79 Å². The van der Waals surface area contributed by atoms with Crippen molar-refractivity contribution in [1.29, 1.82) is 0 Å². The standard InChI is InChI=1S/C24H26O4/c1-2-22(24(26)28-19-21-14-8-4-9-15-21)16-10-5-11-17-23(25)27-18-20-12-6-3-7-13-20/h2-9,11-15H,10,16-19H2,1H3. The Morgan fingerprint density at radius 1 is 0.821 bits per heavy atom. The fourth-order valence-corrected chi connectivity index (χ4v) is 2.51. The van der Waals surface area contributed by atoms with Gasteiger partial charge in [-0.15, -0.1) is 0 Å². The van der Waals surface area contributed by atoms with Gasteiger partial charge in [-0.1, -0.05) is 78.9 Å². The van der Waals surface area contributed by atoms with Crippen LogP contribution in [0, 0.1) is 0 Å². The second-order valence-corrected chi connectivity index (χ2v) is 6.24. The van der Waals surface area contributed by atoms with Gasteiger partial charge in [0.15, 0.2) is 0 Å². The Labute approximate surface area is 166 Å². The van der Waals surface area contributed by atoms with Crippen molar-refractivity contribution in [2.75, 3.05) is 0 Å². The van der Waals surface area contributed by atoms with Crippen LogP contribution in [0.5, 0.6) is 0 Å². The van der Waals surface area contributed by atoms with Crippen molar-refractivity contribution in [3.8, 4) is 0 Å². The molecule has 0 heterocycles. The van der Waals surface area contributed by atoms with Gasteiger partial charge < -0.3 is 9.47 Å². The summed E-state index contributed by atoms with van der Waals surface area (Å²) >= 11 is 0. The summed E-state index contributed by atoms with van der Waals surface area (Å²) in [4.78, 5) is 23.9. The number of allylic oxidation sites excluding steroid dienone is 2. The van der Waals surface area contributed by atoms with E-state index >= 15 is 0 Å². The zero-order chi connectivity index (χ0) is 20.0. The van der Waals surface area contributed by atoms with Gasteiger partial charge in [0, 0.05) is 5.57 Å². The van der Waals surface area contributed by atoms with Crippen molar-refractivity contribution in [2.45, 2.75) is 39.4 Å². The van der Waals surface area contributed by atoms with E-state index in [0.717, 1.165) is 11.1 Å². The van der Waals surface area contributed by atoms with E-state index in [1.165, 1.54) is 0 Å². The molecular formula is C24H26O4. The molecule has 2 aromatic carbocycles. The number of esters is 2. The Bertz CT molecular complexity index is 792. The van der Waals surface area contributed by atoms with Crippen LogP contribution in [0.3, 0.4) is 0 Å². The summed E-state index contributed by atoms with van der Waals surface area (Å²) in [5.74, 6) is -0.573. The summed E-state index contributed by atoms with van der Waals surface area (Å²) in [5, 5.41) is 0. The quantitative estimate of drug-likeness (QED) is 0.326. The number of hydrogen-bond acceptors (Lipinski definition) is 4. The average molecular weight is 378 g/mol. The van der Waals surface area contributed by atoms with Crippen LogP contribution in [0.25, 0.3) is 0 Å². The number of benzene rings is 2. The van der Waals surface area contributed by atoms with E-state index in [4.69, 9.17) is 9.47 Å². The number of carbonyl (C=O) groups is 2. The Kier molecular flexibility index (Phi) is 9.28. The number of hydrogen-bond donors (Lipinski definition) is 0. The summed E-state index contributed by atoms with van der Waals surface area (Å²) in [6.45, 7) is 2.37. The summed E-state index contributed by atoms with van der Waals surface area (Å²) in [6, 6.07) is 19.2. The Balaban J connectivity index is 1.64. The number of ether oxygens (including phenoxy) is 2. The lowest BCUT2D eigenvalue weighted by atomic mass is 10.1. The first-order chi connectivity index (χ1) is 13.7. The van der Waals surface area contributed by atoms with Crippen molar-refractivity contribution in [2.24, 2.45) is 0 Å². The third-order valence-corrected chi connectivity index (χ3v) is 4.10. The maximum atomic E-state index is 12.2. The smallest absolute Gasteiger partial charge is 0.334 e. The first kappa shape index (κ1) is 21.2. The molecule has 2 aromatic rings. The molecule has 0 unspecified atom stereocenters.